The molecule has 1 amide bonds. The van der Waals surface area contributed by atoms with Crippen molar-refractivity contribution in [2.75, 3.05) is 16.8 Å². The molecule has 0 spiro atoms. The van der Waals surface area contributed by atoms with Crippen molar-refractivity contribution in [3.63, 3.8) is 0 Å². The number of fused-ring (bicyclic) bond motifs is 1. The first-order valence-corrected chi connectivity index (χ1v) is 8.66. The summed E-state index contributed by atoms with van der Waals surface area (Å²) in [7, 11) is 0. The molecule has 0 aliphatic carbocycles. The average Bonchev–Trinajstić information content (AvgIpc) is 2.72. The molecule has 1 aromatic carbocycles. The third-order valence-corrected chi connectivity index (χ3v) is 4.43. The van der Waals surface area contributed by atoms with Crippen LogP contribution in [0.1, 0.15) is 27.9 Å². The Morgan fingerprint density at radius 1 is 1.08 bits per heavy atom. The van der Waals surface area contributed by atoms with Crippen molar-refractivity contribution in [1.29, 1.82) is 0 Å². The zero-order chi connectivity index (χ0) is 17.8. The Morgan fingerprint density at radius 2 is 1.92 bits per heavy atom. The SMILES string of the molecule is O=C(c1cnc(NCc2cccnc2)nc1)N1CCCc2ccccc21. The molecule has 1 N–H and O–H groups in total. The number of para-hydroxylation sites is 1. The summed E-state index contributed by atoms with van der Waals surface area (Å²) in [5, 5.41) is 3.14. The summed E-state index contributed by atoms with van der Waals surface area (Å²) < 4.78 is 0. The van der Waals surface area contributed by atoms with E-state index in [2.05, 4.69) is 26.3 Å². The van der Waals surface area contributed by atoms with E-state index in [1.54, 1.807) is 24.8 Å². The lowest BCUT2D eigenvalue weighted by Crippen LogP contribution is -2.35. The van der Waals surface area contributed by atoms with Gasteiger partial charge in [-0.25, -0.2) is 9.97 Å². The van der Waals surface area contributed by atoms with Crippen molar-refractivity contribution in [1.82, 2.24) is 15.0 Å². The summed E-state index contributed by atoms with van der Waals surface area (Å²) in [5.41, 5.74) is 3.74. The third kappa shape index (κ3) is 3.39. The molecule has 0 bridgehead atoms. The number of aryl methyl sites for hydroxylation is 1. The second-order valence-electron chi connectivity index (χ2n) is 6.20. The van der Waals surface area contributed by atoms with Gasteiger partial charge in [-0.1, -0.05) is 24.3 Å². The van der Waals surface area contributed by atoms with Crippen LogP contribution >= 0.6 is 0 Å². The lowest BCUT2D eigenvalue weighted by atomic mass is 10.0. The van der Waals surface area contributed by atoms with Crippen LogP contribution in [0.4, 0.5) is 11.6 Å². The zero-order valence-corrected chi connectivity index (χ0v) is 14.3. The minimum atomic E-state index is -0.0593. The summed E-state index contributed by atoms with van der Waals surface area (Å²) >= 11 is 0. The van der Waals surface area contributed by atoms with Crippen LogP contribution in [0, 0.1) is 0 Å². The number of nitrogens with zero attached hydrogens (tertiary/aromatic N) is 4. The minimum Gasteiger partial charge on any atom is -0.350 e. The zero-order valence-electron chi connectivity index (χ0n) is 14.3. The number of pyridine rings is 1. The van der Waals surface area contributed by atoms with Crippen LogP contribution in [-0.2, 0) is 13.0 Å². The second kappa shape index (κ2) is 7.31. The minimum absolute atomic E-state index is 0.0593. The number of rotatable bonds is 4. The summed E-state index contributed by atoms with van der Waals surface area (Å²) in [4.78, 5) is 27.3. The fraction of sp³-hybridized carbons (Fsp3) is 0.200. The Labute approximate surface area is 151 Å². The van der Waals surface area contributed by atoms with E-state index >= 15 is 0 Å². The molecular weight excluding hydrogens is 326 g/mol. The first-order chi connectivity index (χ1) is 12.8. The number of nitrogens with one attached hydrogen (secondary N) is 1. The number of benzene rings is 1. The number of carbonyl (C=O) groups excluding carboxylic acids is 1. The van der Waals surface area contributed by atoms with Gasteiger partial charge in [0.15, 0.2) is 0 Å². The first-order valence-electron chi connectivity index (χ1n) is 8.66. The molecule has 3 aromatic rings. The Morgan fingerprint density at radius 3 is 2.73 bits per heavy atom. The molecule has 0 atom stereocenters. The molecule has 6 heteroatoms. The highest BCUT2D eigenvalue weighted by molar-refractivity contribution is 6.06. The van der Waals surface area contributed by atoms with Crippen LogP contribution in [0.25, 0.3) is 0 Å². The molecule has 0 fully saturated rings. The Balaban J connectivity index is 1.46. The van der Waals surface area contributed by atoms with Gasteiger partial charge in [-0.2, -0.15) is 0 Å². The molecule has 0 saturated heterocycles. The summed E-state index contributed by atoms with van der Waals surface area (Å²) in [6, 6.07) is 11.9. The maximum Gasteiger partial charge on any atom is 0.261 e. The largest absolute Gasteiger partial charge is 0.350 e. The van der Waals surface area contributed by atoms with Crippen molar-refractivity contribution in [2.45, 2.75) is 19.4 Å². The van der Waals surface area contributed by atoms with Crippen LogP contribution in [0.15, 0.2) is 61.2 Å². The molecule has 6 nitrogen and oxygen atoms in total. The van der Waals surface area contributed by atoms with E-state index in [4.69, 9.17) is 0 Å². The smallest absolute Gasteiger partial charge is 0.261 e. The summed E-state index contributed by atoms with van der Waals surface area (Å²) in [6.07, 6.45) is 8.66. The summed E-state index contributed by atoms with van der Waals surface area (Å²) in [6.45, 7) is 1.30. The normalized spacial score (nSPS) is 13.2. The average molecular weight is 345 g/mol. The number of amides is 1. The monoisotopic (exact) mass is 345 g/mol. The lowest BCUT2D eigenvalue weighted by Gasteiger charge is -2.29. The molecule has 0 radical (unpaired) electrons. The maximum atomic E-state index is 12.9. The van der Waals surface area contributed by atoms with Crippen LogP contribution in [-0.4, -0.2) is 27.4 Å². The van der Waals surface area contributed by atoms with E-state index in [1.807, 2.05) is 35.2 Å². The Kier molecular flexibility index (Phi) is 4.55. The highest BCUT2D eigenvalue weighted by Crippen LogP contribution is 2.27. The van der Waals surface area contributed by atoms with Crippen molar-refractivity contribution >= 4 is 17.5 Å². The molecule has 1 aliphatic heterocycles. The van der Waals surface area contributed by atoms with Crippen LogP contribution in [0.3, 0.4) is 0 Å². The molecule has 1 aliphatic rings. The lowest BCUT2D eigenvalue weighted by molar-refractivity contribution is 0.0984. The second-order valence-corrected chi connectivity index (χ2v) is 6.20. The van der Waals surface area contributed by atoms with Gasteiger partial charge >= 0.3 is 0 Å². The van der Waals surface area contributed by atoms with E-state index < -0.39 is 0 Å². The number of carbonyl (C=O) groups is 1. The number of hydrogen-bond donors (Lipinski definition) is 1. The van der Waals surface area contributed by atoms with Crippen LogP contribution in [0.5, 0.6) is 0 Å². The van der Waals surface area contributed by atoms with E-state index in [1.165, 1.54) is 5.56 Å². The Hall–Kier alpha value is -3.28. The predicted octanol–water partition coefficient (Wildman–Crippen LogP) is 3.08. The van der Waals surface area contributed by atoms with Crippen molar-refractivity contribution in [2.24, 2.45) is 0 Å². The fourth-order valence-electron chi connectivity index (χ4n) is 3.11. The van der Waals surface area contributed by atoms with E-state index in [0.29, 0.717) is 18.1 Å². The van der Waals surface area contributed by atoms with Crippen molar-refractivity contribution in [3.05, 3.63) is 77.9 Å². The van der Waals surface area contributed by atoms with Gasteiger partial charge in [-0.15, -0.1) is 0 Å². The fourth-order valence-corrected chi connectivity index (χ4v) is 3.11. The molecular formula is C20H19N5O. The predicted molar refractivity (Wildman–Crippen MR) is 100 cm³/mol. The molecule has 26 heavy (non-hydrogen) atoms. The first kappa shape index (κ1) is 16.2. The van der Waals surface area contributed by atoms with Gasteiger partial charge in [0.25, 0.3) is 5.91 Å². The standard InChI is InChI=1S/C20H19N5O/c26-19(25-10-4-7-16-6-1-2-8-18(16)25)17-13-23-20(24-14-17)22-12-15-5-3-9-21-11-15/h1-3,5-6,8-9,11,13-14H,4,7,10,12H2,(H,22,23,24). The highest BCUT2D eigenvalue weighted by Gasteiger charge is 2.23. The van der Waals surface area contributed by atoms with Gasteiger partial charge in [0.05, 0.1) is 5.56 Å². The number of aromatic nitrogens is 3. The van der Waals surface area contributed by atoms with Crippen molar-refractivity contribution in [3.8, 4) is 0 Å². The van der Waals surface area contributed by atoms with Crippen molar-refractivity contribution < 1.29 is 4.79 Å². The molecule has 2 aromatic heterocycles. The molecule has 0 unspecified atom stereocenters. The number of anilines is 2. The molecule has 130 valence electrons. The highest BCUT2D eigenvalue weighted by atomic mass is 16.2. The van der Waals surface area contributed by atoms with E-state index in [-0.39, 0.29) is 5.91 Å². The van der Waals surface area contributed by atoms with Crippen LogP contribution in [0.2, 0.25) is 0 Å². The third-order valence-electron chi connectivity index (χ3n) is 4.43. The summed E-state index contributed by atoms with van der Waals surface area (Å²) in [5.74, 6) is 0.431. The van der Waals surface area contributed by atoms with E-state index in [9.17, 15) is 4.79 Å². The van der Waals surface area contributed by atoms with Gasteiger partial charge in [0, 0.05) is 43.6 Å². The topological polar surface area (TPSA) is 71.0 Å². The molecule has 3 heterocycles. The molecule has 0 saturated carbocycles. The van der Waals surface area contributed by atoms with Gasteiger partial charge in [-0.05, 0) is 36.1 Å². The van der Waals surface area contributed by atoms with Gasteiger partial charge in [0.2, 0.25) is 5.95 Å². The van der Waals surface area contributed by atoms with Gasteiger partial charge in [-0.3, -0.25) is 9.78 Å². The van der Waals surface area contributed by atoms with Gasteiger partial charge < -0.3 is 10.2 Å². The van der Waals surface area contributed by atoms with Crippen LogP contribution < -0.4 is 10.2 Å². The van der Waals surface area contributed by atoms with E-state index in [0.717, 1.165) is 30.6 Å². The Bertz CT molecular complexity index is 896. The molecule has 4 rings (SSSR count). The maximum absolute atomic E-state index is 12.9. The quantitative estimate of drug-likeness (QED) is 0.787. The van der Waals surface area contributed by atoms with Gasteiger partial charge in [0.1, 0.15) is 0 Å². The number of hydrogen-bond acceptors (Lipinski definition) is 5.